The molecule has 1 heterocycles. The molecule has 0 aliphatic heterocycles. The van der Waals surface area contributed by atoms with Crippen molar-refractivity contribution in [3.05, 3.63) is 117 Å². The lowest BCUT2D eigenvalue weighted by atomic mass is 9.97. The first-order valence-corrected chi connectivity index (χ1v) is 12.6. The molecule has 1 atom stereocenters. The van der Waals surface area contributed by atoms with Crippen LogP contribution in [0.15, 0.2) is 89.9 Å². The molecule has 0 saturated heterocycles. The number of hydrogen-bond donors (Lipinski definition) is 4. The molecule has 1 amide bonds. The minimum absolute atomic E-state index is 0.0483. The number of nitrogens with zero attached hydrogens (tertiary/aromatic N) is 1. The Morgan fingerprint density at radius 2 is 1.65 bits per heavy atom. The fraction of sp³-hybridized carbons (Fsp3) is 0.167. The van der Waals surface area contributed by atoms with Crippen LogP contribution in [0.1, 0.15) is 34.5 Å². The van der Waals surface area contributed by atoms with E-state index in [-0.39, 0.29) is 33.9 Å². The van der Waals surface area contributed by atoms with E-state index in [0.29, 0.717) is 5.69 Å². The Morgan fingerprint density at radius 3 is 2.27 bits per heavy atom. The molecule has 0 saturated carbocycles. The fourth-order valence-corrected chi connectivity index (χ4v) is 4.45. The Morgan fingerprint density at radius 1 is 0.975 bits per heavy atom. The van der Waals surface area contributed by atoms with Crippen molar-refractivity contribution < 1.29 is 29.6 Å². The quantitative estimate of drug-likeness (QED) is 0.178. The average molecular weight is 563 g/mol. The third-order valence-corrected chi connectivity index (χ3v) is 6.41. The summed E-state index contributed by atoms with van der Waals surface area (Å²) < 4.78 is 6.06. The highest BCUT2D eigenvalue weighted by atomic mass is 35.5. The van der Waals surface area contributed by atoms with Crippen LogP contribution in [0.4, 0.5) is 5.69 Å². The lowest BCUT2D eigenvalue weighted by Crippen LogP contribution is -2.37. The van der Waals surface area contributed by atoms with E-state index in [2.05, 4.69) is 5.32 Å². The molecule has 40 heavy (non-hydrogen) atoms. The van der Waals surface area contributed by atoms with Gasteiger partial charge in [-0.1, -0.05) is 59.6 Å². The molecule has 0 aliphatic rings. The van der Waals surface area contributed by atoms with Gasteiger partial charge in [-0.2, -0.15) is 0 Å². The molecule has 206 valence electrons. The maximum absolute atomic E-state index is 13.6. The van der Waals surface area contributed by atoms with Crippen molar-refractivity contribution in [1.82, 2.24) is 4.57 Å². The van der Waals surface area contributed by atoms with Gasteiger partial charge in [0.1, 0.15) is 6.04 Å². The Bertz CT molecular complexity index is 1590. The van der Waals surface area contributed by atoms with Gasteiger partial charge in [-0.05, 0) is 55.3 Å². The monoisotopic (exact) mass is 562 g/mol. The number of ketones is 1. The van der Waals surface area contributed by atoms with Crippen LogP contribution in [-0.2, 0) is 11.2 Å². The number of rotatable bonds is 9. The summed E-state index contributed by atoms with van der Waals surface area (Å²) in [5.74, 6) is -1.27. The number of anilines is 1. The lowest BCUT2D eigenvalue weighted by Gasteiger charge is -2.24. The molecule has 0 spiro atoms. The number of carbonyl (C=O) groups is 2. The second-order valence-electron chi connectivity index (χ2n) is 9.28. The van der Waals surface area contributed by atoms with Crippen molar-refractivity contribution in [3.63, 3.8) is 0 Å². The zero-order chi connectivity index (χ0) is 29.0. The zero-order valence-corrected chi connectivity index (χ0v) is 22.4. The van der Waals surface area contributed by atoms with E-state index in [0.717, 1.165) is 28.0 Å². The van der Waals surface area contributed by atoms with Gasteiger partial charge in [0, 0.05) is 34.3 Å². The number of aromatic nitrogens is 1. The van der Waals surface area contributed by atoms with Crippen LogP contribution in [-0.4, -0.2) is 37.7 Å². The van der Waals surface area contributed by atoms with Crippen LogP contribution in [0, 0.1) is 6.92 Å². The van der Waals surface area contributed by atoms with Crippen molar-refractivity contribution in [2.45, 2.75) is 32.5 Å². The molecule has 1 aromatic heterocycles. The number of carbonyl (C=O) groups excluding carboxylic acids is 2. The van der Waals surface area contributed by atoms with Gasteiger partial charge >= 0.3 is 6.16 Å². The second kappa shape index (κ2) is 11.8. The predicted molar refractivity (Wildman–Crippen MR) is 150 cm³/mol. The number of halogens is 1. The summed E-state index contributed by atoms with van der Waals surface area (Å²) in [5, 5.41) is 32.0. The van der Waals surface area contributed by atoms with E-state index in [1.165, 1.54) is 25.1 Å². The maximum Gasteiger partial charge on any atom is 0.453 e. The SMILES string of the molecule is CC(=O)c1ccc(Cl)cc1-c1cc(=O)n(C(Cc2ccccc2)C(=O)Nc2ccc(C)cc2)cc1OC(O)(O)O. The summed E-state index contributed by atoms with van der Waals surface area (Å²) in [6, 6.07) is 20.4. The smallest absolute Gasteiger partial charge is 0.415 e. The first kappa shape index (κ1) is 28.7. The summed E-state index contributed by atoms with van der Waals surface area (Å²) in [6.45, 7) is 3.22. The zero-order valence-electron chi connectivity index (χ0n) is 21.7. The number of nitrogens with one attached hydrogen (secondary N) is 1. The van der Waals surface area contributed by atoms with Crippen molar-refractivity contribution in [3.8, 4) is 16.9 Å². The standard InChI is InChI=1S/C30H27ClN2O7/c1-18-8-11-22(12-9-18)32-29(36)26(14-20-6-4-3-5-7-20)33-17-27(40-30(37,38)39)25(16-28(33)35)24-15-21(31)10-13-23(24)19(2)34/h3-13,15-17,26,37-39H,14H2,1-2H3,(H,32,36). The molecule has 4 aromatic rings. The summed E-state index contributed by atoms with van der Waals surface area (Å²) in [7, 11) is 0. The normalized spacial score (nSPS) is 12.1. The number of aliphatic hydroxyl groups is 3. The molecule has 0 fully saturated rings. The third kappa shape index (κ3) is 7.02. The van der Waals surface area contributed by atoms with Gasteiger partial charge in [0.2, 0.25) is 5.91 Å². The Labute approximate surface area is 234 Å². The fourth-order valence-electron chi connectivity index (χ4n) is 4.28. The van der Waals surface area contributed by atoms with Crippen LogP contribution < -0.4 is 15.6 Å². The topological polar surface area (TPSA) is 138 Å². The highest BCUT2D eigenvalue weighted by Gasteiger charge is 2.29. The molecular weight excluding hydrogens is 536 g/mol. The number of aryl methyl sites for hydroxylation is 1. The molecular formula is C30H27ClN2O7. The molecule has 4 rings (SSSR count). The van der Waals surface area contributed by atoms with Gasteiger partial charge in [-0.15, -0.1) is 0 Å². The van der Waals surface area contributed by atoms with Crippen LogP contribution >= 0.6 is 11.6 Å². The van der Waals surface area contributed by atoms with Crippen molar-refractivity contribution >= 4 is 29.0 Å². The average Bonchev–Trinajstić information content (AvgIpc) is 2.89. The Kier molecular flexibility index (Phi) is 8.51. The van der Waals surface area contributed by atoms with E-state index in [1.807, 2.05) is 25.1 Å². The molecule has 0 bridgehead atoms. The van der Waals surface area contributed by atoms with Crippen molar-refractivity contribution in [2.75, 3.05) is 5.32 Å². The largest absolute Gasteiger partial charge is 0.453 e. The molecule has 10 heteroatoms. The molecule has 1 unspecified atom stereocenters. The van der Waals surface area contributed by atoms with Crippen LogP contribution in [0.25, 0.3) is 11.1 Å². The van der Waals surface area contributed by atoms with E-state index in [1.54, 1.807) is 36.4 Å². The summed E-state index contributed by atoms with van der Waals surface area (Å²) >= 11 is 6.16. The molecule has 0 aliphatic carbocycles. The molecule has 4 N–H and O–H groups in total. The minimum Gasteiger partial charge on any atom is -0.415 e. The number of pyridine rings is 1. The van der Waals surface area contributed by atoms with E-state index in [9.17, 15) is 29.7 Å². The highest BCUT2D eigenvalue weighted by Crippen LogP contribution is 2.35. The lowest BCUT2D eigenvalue weighted by molar-refractivity contribution is -0.419. The van der Waals surface area contributed by atoms with Gasteiger partial charge in [-0.25, -0.2) is 0 Å². The van der Waals surface area contributed by atoms with Crippen molar-refractivity contribution in [2.24, 2.45) is 0 Å². The van der Waals surface area contributed by atoms with Crippen LogP contribution in [0.3, 0.4) is 0 Å². The minimum atomic E-state index is -3.63. The highest BCUT2D eigenvalue weighted by molar-refractivity contribution is 6.31. The number of hydrogen-bond acceptors (Lipinski definition) is 7. The number of ether oxygens (including phenoxy) is 1. The van der Waals surface area contributed by atoms with Crippen LogP contribution in [0.2, 0.25) is 5.02 Å². The van der Waals surface area contributed by atoms with Gasteiger partial charge in [0.15, 0.2) is 11.5 Å². The van der Waals surface area contributed by atoms with Gasteiger partial charge in [-0.3, -0.25) is 19.0 Å². The van der Waals surface area contributed by atoms with Gasteiger partial charge in [0.05, 0.1) is 6.20 Å². The Hall–Kier alpha value is -4.28. The molecule has 0 radical (unpaired) electrons. The molecule has 3 aromatic carbocycles. The number of benzene rings is 3. The van der Waals surface area contributed by atoms with E-state index in [4.69, 9.17) is 16.3 Å². The summed E-state index contributed by atoms with van der Waals surface area (Å²) in [5.41, 5.74) is 1.89. The van der Waals surface area contributed by atoms with Crippen molar-refractivity contribution in [1.29, 1.82) is 0 Å². The number of amides is 1. The van der Waals surface area contributed by atoms with E-state index < -0.39 is 29.4 Å². The van der Waals surface area contributed by atoms with E-state index >= 15 is 0 Å². The van der Waals surface area contributed by atoms with Crippen LogP contribution in [0.5, 0.6) is 5.75 Å². The maximum atomic E-state index is 13.6. The van der Waals surface area contributed by atoms with Gasteiger partial charge in [0.25, 0.3) is 5.56 Å². The number of Topliss-reactive ketones (excluding diaryl/α,β-unsaturated/α-hetero) is 1. The first-order valence-electron chi connectivity index (χ1n) is 12.3. The van der Waals surface area contributed by atoms with Gasteiger partial charge < -0.3 is 25.4 Å². The summed E-state index contributed by atoms with van der Waals surface area (Å²) in [4.78, 5) is 39.5. The third-order valence-electron chi connectivity index (χ3n) is 6.17. The molecule has 9 nitrogen and oxygen atoms in total. The predicted octanol–water partition coefficient (Wildman–Crippen LogP) is 4.07. The second-order valence-corrected chi connectivity index (χ2v) is 9.72. The Balaban J connectivity index is 1.88. The summed E-state index contributed by atoms with van der Waals surface area (Å²) in [6.07, 6.45) is -2.46. The first-order chi connectivity index (χ1) is 18.9.